The fraction of sp³-hybridized carbons (Fsp3) is 0.458. The Hall–Kier alpha value is -3.14. The van der Waals surface area contributed by atoms with Crippen molar-refractivity contribution in [3.63, 3.8) is 0 Å². The number of hydrogen-bond acceptors (Lipinski definition) is 9. The van der Waals surface area contributed by atoms with Gasteiger partial charge in [0.05, 0.1) is 12.4 Å². The van der Waals surface area contributed by atoms with Crippen LogP contribution >= 0.6 is 24.1 Å². The number of alkyl halides is 3. The molecule has 2 amide bonds. The number of rotatable bonds is 9. The molecule has 0 spiro atoms. The van der Waals surface area contributed by atoms with Gasteiger partial charge in [0.15, 0.2) is 24.1 Å². The number of hydrogen-bond donors (Lipinski definition) is 1. The van der Waals surface area contributed by atoms with E-state index in [4.69, 9.17) is 4.74 Å². The molecule has 0 fully saturated rings. The maximum absolute atomic E-state index is 14.6. The summed E-state index contributed by atoms with van der Waals surface area (Å²) in [6.07, 6.45) is -3.56. The van der Waals surface area contributed by atoms with Gasteiger partial charge >= 0.3 is 12.3 Å². The minimum atomic E-state index is -4.55. The van der Waals surface area contributed by atoms with Crippen molar-refractivity contribution >= 4 is 47.0 Å². The van der Waals surface area contributed by atoms with Crippen LogP contribution in [0.25, 0.3) is 0 Å². The van der Waals surface area contributed by atoms with Crippen LogP contribution < -0.4 is 10.1 Å². The van der Waals surface area contributed by atoms with Crippen molar-refractivity contribution in [3.8, 4) is 5.88 Å². The molecule has 16 heteroatoms. The van der Waals surface area contributed by atoms with Crippen LogP contribution in [0.15, 0.2) is 35.6 Å². The van der Waals surface area contributed by atoms with Crippen LogP contribution in [0.5, 0.6) is 5.88 Å². The summed E-state index contributed by atoms with van der Waals surface area (Å²) in [5, 5.41) is 2.17. The highest BCUT2D eigenvalue weighted by Crippen LogP contribution is 2.28. The Morgan fingerprint density at radius 2 is 1.88 bits per heavy atom. The largest absolute Gasteiger partial charge is 0.467 e. The Kier molecular flexibility index (Phi) is 12.0. The van der Waals surface area contributed by atoms with Crippen LogP contribution in [-0.2, 0) is 11.2 Å². The number of carbonyl (C=O) groups excluding carboxylic acids is 2. The fourth-order valence-corrected chi connectivity index (χ4v) is 4.34. The van der Waals surface area contributed by atoms with Crippen molar-refractivity contribution in [1.82, 2.24) is 14.3 Å². The van der Waals surface area contributed by atoms with E-state index in [-0.39, 0.29) is 47.4 Å². The van der Waals surface area contributed by atoms with Crippen LogP contribution in [-0.4, -0.2) is 61.6 Å². The fourth-order valence-electron chi connectivity index (χ4n) is 2.92. The molecule has 1 heterocycles. The molecule has 220 valence electrons. The van der Waals surface area contributed by atoms with Crippen LogP contribution in [0.2, 0.25) is 0 Å². The summed E-state index contributed by atoms with van der Waals surface area (Å²) in [5.74, 6) is -1.71. The molecule has 0 bridgehead atoms. The summed E-state index contributed by atoms with van der Waals surface area (Å²) >= 11 is 0.690. The van der Waals surface area contributed by atoms with E-state index in [1.54, 1.807) is 34.6 Å². The van der Waals surface area contributed by atoms with E-state index in [1.807, 2.05) is 0 Å². The molecular formula is C24H28F5N5O4S2. The number of anilines is 1. The van der Waals surface area contributed by atoms with Crippen molar-refractivity contribution in [2.75, 3.05) is 18.5 Å². The lowest BCUT2D eigenvalue weighted by Gasteiger charge is -2.25. The summed E-state index contributed by atoms with van der Waals surface area (Å²) in [6, 6.07) is 3.86. The van der Waals surface area contributed by atoms with Crippen molar-refractivity contribution < 1.29 is 40.5 Å². The van der Waals surface area contributed by atoms with Gasteiger partial charge < -0.3 is 14.8 Å². The predicted molar refractivity (Wildman–Crippen MR) is 143 cm³/mol. The van der Waals surface area contributed by atoms with E-state index in [2.05, 4.69) is 25.0 Å². The number of nitrogens with zero attached hydrogens (tertiary/aromatic N) is 4. The van der Waals surface area contributed by atoms with Crippen LogP contribution in [0.3, 0.4) is 0 Å². The molecule has 2 rings (SSSR count). The molecule has 9 nitrogen and oxygen atoms in total. The Morgan fingerprint density at radius 3 is 2.42 bits per heavy atom. The first-order valence-corrected chi connectivity index (χ1v) is 13.3. The molecule has 1 atom stereocenters. The van der Waals surface area contributed by atoms with Gasteiger partial charge in [-0.3, -0.25) is 9.79 Å². The third kappa shape index (κ3) is 11.2. The molecule has 0 aliphatic rings. The van der Waals surface area contributed by atoms with Gasteiger partial charge in [-0.15, -0.1) is 3.89 Å². The zero-order valence-corrected chi connectivity index (χ0v) is 23.8. The predicted octanol–water partition coefficient (Wildman–Crippen LogP) is 6.62. The monoisotopic (exact) mass is 609 g/mol. The minimum absolute atomic E-state index is 0.0443. The Labute approximate surface area is 236 Å². The van der Waals surface area contributed by atoms with Gasteiger partial charge in [-0.25, -0.2) is 19.2 Å². The summed E-state index contributed by atoms with van der Waals surface area (Å²) < 4.78 is 75.4. The lowest BCUT2D eigenvalue weighted by Crippen LogP contribution is -2.35. The Morgan fingerprint density at radius 1 is 1.18 bits per heavy atom. The second kappa shape index (κ2) is 14.5. The molecule has 0 radical (unpaired) electrons. The maximum Gasteiger partial charge on any atom is 0.428 e. The van der Waals surface area contributed by atoms with Gasteiger partial charge in [-0.1, -0.05) is 18.7 Å². The Balaban J connectivity index is 2.09. The molecule has 0 saturated heterocycles. The molecular weight excluding hydrogens is 581 g/mol. The first kappa shape index (κ1) is 33.1. The molecule has 1 unspecified atom stereocenters. The highest BCUT2D eigenvalue weighted by Gasteiger charge is 2.30. The first-order chi connectivity index (χ1) is 18.6. The molecule has 1 aromatic carbocycles. The van der Waals surface area contributed by atoms with Crippen molar-refractivity contribution in [1.29, 1.82) is 0 Å². The van der Waals surface area contributed by atoms with Crippen molar-refractivity contribution in [3.05, 3.63) is 47.7 Å². The first-order valence-electron chi connectivity index (χ1n) is 11.8. The van der Waals surface area contributed by atoms with E-state index in [9.17, 15) is 31.0 Å². The van der Waals surface area contributed by atoms with E-state index in [1.165, 1.54) is 12.1 Å². The number of amidine groups is 1. The number of amides is 2. The number of nitrogens with one attached hydrogen (secondary N) is 1. The van der Waals surface area contributed by atoms with E-state index < -0.39 is 47.3 Å². The average molecular weight is 610 g/mol. The zero-order valence-electron chi connectivity index (χ0n) is 22.2. The molecule has 0 aliphatic carbocycles. The summed E-state index contributed by atoms with van der Waals surface area (Å²) in [7, 11) is 0. The summed E-state index contributed by atoms with van der Waals surface area (Å²) in [5.41, 5.74) is -0.635. The second-order valence-electron chi connectivity index (χ2n) is 9.14. The average Bonchev–Trinajstić information content (AvgIpc) is 2.84. The SMILES string of the molecule is CCN=C(SC(C)Cc1cc(NC(=O)c2cnc(OCC(F)(F)F)cn2)ccc1F)N(SF)C(=O)OC(C)(C)C. The van der Waals surface area contributed by atoms with Gasteiger partial charge in [-0.2, -0.15) is 17.5 Å². The molecule has 0 saturated carbocycles. The molecule has 1 N–H and O–H groups in total. The lowest BCUT2D eigenvalue weighted by atomic mass is 10.1. The van der Waals surface area contributed by atoms with Gasteiger partial charge in [0.1, 0.15) is 17.1 Å². The summed E-state index contributed by atoms with van der Waals surface area (Å²) in [6.45, 7) is 7.06. The molecule has 1 aromatic heterocycles. The van der Waals surface area contributed by atoms with Crippen molar-refractivity contribution in [2.24, 2.45) is 4.99 Å². The number of carbonyl (C=O) groups is 2. The smallest absolute Gasteiger partial charge is 0.428 e. The standard InChI is InChI=1S/C24H28F5N5O4S2/c1-6-30-21(34(40-29)22(36)38-23(3,4)5)39-14(2)9-15-10-16(7-8-17(15)25)33-20(35)18-11-32-19(12-31-18)37-13-24(26,27)28/h7-8,10-12,14H,6,9,13H2,1-5H3,(H,33,35). The van der Waals surface area contributed by atoms with E-state index >= 15 is 0 Å². The van der Waals surface area contributed by atoms with Crippen molar-refractivity contribution in [2.45, 2.75) is 58.1 Å². The molecule has 0 aliphatic heterocycles. The zero-order chi connectivity index (χ0) is 30.1. The van der Waals surface area contributed by atoms with Crippen LogP contribution in [0.1, 0.15) is 50.7 Å². The normalized spacial score (nSPS) is 13.0. The number of thioether (sulfide) groups is 1. The second-order valence-corrected chi connectivity index (χ2v) is 11.0. The highest BCUT2D eigenvalue weighted by atomic mass is 32.2. The number of ether oxygens (including phenoxy) is 2. The highest BCUT2D eigenvalue weighted by molar-refractivity contribution is 8.15. The third-order valence-corrected chi connectivity index (χ3v) is 6.12. The van der Waals surface area contributed by atoms with Crippen LogP contribution in [0, 0.1) is 5.82 Å². The Bertz CT molecular complexity index is 1190. The van der Waals surface area contributed by atoms with Gasteiger partial charge in [0.25, 0.3) is 5.91 Å². The van der Waals surface area contributed by atoms with E-state index in [0.717, 1.165) is 30.2 Å². The number of halogens is 5. The molecule has 40 heavy (non-hydrogen) atoms. The number of aromatic nitrogens is 2. The topological polar surface area (TPSA) is 106 Å². The van der Waals surface area contributed by atoms with E-state index in [0.29, 0.717) is 4.31 Å². The van der Waals surface area contributed by atoms with Gasteiger partial charge in [0, 0.05) is 17.5 Å². The van der Waals surface area contributed by atoms with Crippen LogP contribution in [0.4, 0.5) is 31.9 Å². The molecule has 2 aromatic rings. The summed E-state index contributed by atoms with van der Waals surface area (Å²) in [4.78, 5) is 36.5. The minimum Gasteiger partial charge on any atom is -0.467 e. The quantitative estimate of drug-likeness (QED) is 0.146. The third-order valence-electron chi connectivity index (χ3n) is 4.46. The lowest BCUT2D eigenvalue weighted by molar-refractivity contribution is -0.154. The number of benzene rings is 1. The number of aliphatic imine (C=N–C) groups is 1. The van der Waals surface area contributed by atoms with Gasteiger partial charge in [0.2, 0.25) is 5.88 Å². The maximum atomic E-state index is 14.6. The van der Waals surface area contributed by atoms with Gasteiger partial charge in [-0.05, 0) is 57.9 Å².